The van der Waals surface area contributed by atoms with Crippen LogP contribution in [-0.2, 0) is 4.84 Å². The van der Waals surface area contributed by atoms with Crippen LogP contribution in [0.25, 0.3) is 0 Å². The third kappa shape index (κ3) is 3.75. The monoisotopic (exact) mass is 330 g/mol. The first kappa shape index (κ1) is 17.1. The van der Waals surface area contributed by atoms with Crippen molar-refractivity contribution in [3.05, 3.63) is 53.6 Å². The number of carbonyl (C=O) groups excluding carboxylic acids is 1. The van der Waals surface area contributed by atoms with Crippen molar-refractivity contribution in [2.75, 3.05) is 21.3 Å². The van der Waals surface area contributed by atoms with Crippen molar-refractivity contribution in [1.29, 1.82) is 0 Å². The molecule has 7 heteroatoms. The molecule has 0 saturated heterocycles. The van der Waals surface area contributed by atoms with Gasteiger partial charge in [0.05, 0.1) is 26.9 Å². The van der Waals surface area contributed by atoms with Crippen molar-refractivity contribution in [2.45, 2.75) is 0 Å². The maximum absolute atomic E-state index is 12.2. The molecule has 0 fully saturated rings. The second-order valence-corrected chi connectivity index (χ2v) is 4.64. The molecule has 0 radical (unpaired) electrons. The summed E-state index contributed by atoms with van der Waals surface area (Å²) in [6.45, 7) is 0. The molecular weight excluding hydrogens is 312 g/mol. The molecule has 2 aromatic carbocycles. The Morgan fingerprint density at radius 1 is 0.917 bits per heavy atom. The zero-order chi connectivity index (χ0) is 17.5. The number of hydrogen-bond donors (Lipinski definition) is 1. The second-order valence-electron chi connectivity index (χ2n) is 4.64. The molecule has 0 spiro atoms. The lowest BCUT2D eigenvalue weighted by atomic mass is 10.2. The quantitative estimate of drug-likeness (QED) is 0.378. The SMILES string of the molecule is COc1cc(C(=O)ON=C(N)c2ccccc2)cc(OC)c1OC. The molecule has 2 rings (SSSR count). The molecule has 0 aliphatic rings. The second kappa shape index (κ2) is 7.87. The Bertz CT molecular complexity index is 719. The van der Waals surface area contributed by atoms with Crippen LogP contribution in [0.4, 0.5) is 0 Å². The highest BCUT2D eigenvalue weighted by atomic mass is 16.7. The highest BCUT2D eigenvalue weighted by Gasteiger charge is 2.18. The highest BCUT2D eigenvalue weighted by molar-refractivity contribution is 5.98. The van der Waals surface area contributed by atoms with Crippen LogP contribution in [-0.4, -0.2) is 33.1 Å². The first-order chi connectivity index (χ1) is 11.6. The predicted octanol–water partition coefficient (Wildman–Crippen LogP) is 2.19. The number of oxime groups is 1. The molecular formula is C17H18N2O5. The van der Waals surface area contributed by atoms with E-state index in [0.717, 1.165) is 0 Å². The number of hydrogen-bond acceptors (Lipinski definition) is 6. The Labute approximate surface area is 139 Å². The van der Waals surface area contributed by atoms with Gasteiger partial charge in [0.1, 0.15) is 0 Å². The molecule has 0 aliphatic heterocycles. The number of carbonyl (C=O) groups is 1. The summed E-state index contributed by atoms with van der Waals surface area (Å²) in [5, 5.41) is 3.66. The molecule has 0 saturated carbocycles. The van der Waals surface area contributed by atoms with Gasteiger partial charge in [-0.2, -0.15) is 0 Å². The lowest BCUT2D eigenvalue weighted by molar-refractivity contribution is 0.0515. The van der Waals surface area contributed by atoms with Gasteiger partial charge in [0.2, 0.25) is 5.75 Å². The minimum Gasteiger partial charge on any atom is -0.493 e. The van der Waals surface area contributed by atoms with E-state index >= 15 is 0 Å². The van der Waals surface area contributed by atoms with Gasteiger partial charge in [0.15, 0.2) is 17.3 Å². The minimum absolute atomic E-state index is 0.0939. The maximum atomic E-state index is 12.2. The molecule has 24 heavy (non-hydrogen) atoms. The van der Waals surface area contributed by atoms with E-state index in [-0.39, 0.29) is 11.4 Å². The van der Waals surface area contributed by atoms with Crippen LogP contribution < -0.4 is 19.9 Å². The zero-order valence-corrected chi connectivity index (χ0v) is 13.6. The summed E-state index contributed by atoms with van der Waals surface area (Å²) in [5.74, 6) is 0.445. The number of nitrogens with zero attached hydrogens (tertiary/aromatic N) is 1. The summed E-state index contributed by atoms with van der Waals surface area (Å²) in [4.78, 5) is 17.1. The summed E-state index contributed by atoms with van der Waals surface area (Å²) in [6.07, 6.45) is 0. The smallest absolute Gasteiger partial charge is 0.366 e. The molecule has 0 amide bonds. The average Bonchev–Trinajstić information content (AvgIpc) is 2.65. The van der Waals surface area contributed by atoms with Crippen molar-refractivity contribution < 1.29 is 23.8 Å². The average molecular weight is 330 g/mol. The van der Waals surface area contributed by atoms with Crippen molar-refractivity contribution in [1.82, 2.24) is 0 Å². The Morgan fingerprint density at radius 3 is 2.00 bits per heavy atom. The molecule has 0 aliphatic carbocycles. The summed E-state index contributed by atoms with van der Waals surface area (Å²) < 4.78 is 15.6. The summed E-state index contributed by atoms with van der Waals surface area (Å²) in [5.41, 5.74) is 6.62. The van der Waals surface area contributed by atoms with Gasteiger partial charge >= 0.3 is 5.97 Å². The van der Waals surface area contributed by atoms with Crippen LogP contribution in [0.5, 0.6) is 17.2 Å². The van der Waals surface area contributed by atoms with Crippen LogP contribution in [0, 0.1) is 0 Å². The first-order valence-corrected chi connectivity index (χ1v) is 7.01. The number of benzene rings is 2. The molecule has 7 nitrogen and oxygen atoms in total. The van der Waals surface area contributed by atoms with Crippen molar-refractivity contribution in [2.24, 2.45) is 10.9 Å². The molecule has 0 atom stereocenters. The van der Waals surface area contributed by atoms with Gasteiger partial charge in [0.25, 0.3) is 0 Å². The fourth-order valence-corrected chi connectivity index (χ4v) is 2.00. The predicted molar refractivity (Wildman–Crippen MR) is 88.7 cm³/mol. The van der Waals surface area contributed by atoms with E-state index in [2.05, 4.69) is 5.16 Å². The fourth-order valence-electron chi connectivity index (χ4n) is 2.00. The molecule has 2 N–H and O–H groups in total. The highest BCUT2D eigenvalue weighted by Crippen LogP contribution is 2.38. The standard InChI is InChI=1S/C17H18N2O5/c1-21-13-9-12(10-14(22-2)15(13)23-3)17(20)24-19-16(18)11-7-5-4-6-8-11/h4-10H,1-3H3,(H2,18,19). The van der Waals surface area contributed by atoms with Crippen molar-refractivity contribution >= 4 is 11.8 Å². The largest absolute Gasteiger partial charge is 0.493 e. The summed E-state index contributed by atoms with van der Waals surface area (Å²) >= 11 is 0. The van der Waals surface area contributed by atoms with Crippen LogP contribution >= 0.6 is 0 Å². The van der Waals surface area contributed by atoms with Crippen molar-refractivity contribution in [3.63, 3.8) is 0 Å². The molecule has 0 unspecified atom stereocenters. The number of ether oxygens (including phenoxy) is 3. The molecule has 0 aromatic heterocycles. The van der Waals surface area contributed by atoms with E-state index in [1.807, 2.05) is 6.07 Å². The van der Waals surface area contributed by atoms with E-state index < -0.39 is 5.97 Å². The van der Waals surface area contributed by atoms with Gasteiger partial charge in [-0.15, -0.1) is 0 Å². The first-order valence-electron chi connectivity index (χ1n) is 7.01. The Kier molecular flexibility index (Phi) is 5.62. The third-order valence-corrected chi connectivity index (χ3v) is 3.20. The number of nitrogens with two attached hydrogens (primary N) is 1. The van der Waals surface area contributed by atoms with E-state index in [0.29, 0.717) is 22.8 Å². The minimum atomic E-state index is -0.701. The molecule has 0 bridgehead atoms. The van der Waals surface area contributed by atoms with E-state index in [9.17, 15) is 4.79 Å². The van der Waals surface area contributed by atoms with E-state index in [1.165, 1.54) is 33.5 Å². The summed E-state index contributed by atoms with van der Waals surface area (Å²) in [7, 11) is 4.39. The van der Waals surface area contributed by atoms with Crippen LogP contribution in [0.1, 0.15) is 15.9 Å². The number of methoxy groups -OCH3 is 3. The Hall–Kier alpha value is -3.22. The van der Waals surface area contributed by atoms with E-state index in [4.69, 9.17) is 24.8 Å². The number of rotatable bonds is 6. The normalized spacial score (nSPS) is 10.9. The molecule has 0 heterocycles. The van der Waals surface area contributed by atoms with Crippen LogP contribution in [0.2, 0.25) is 0 Å². The van der Waals surface area contributed by atoms with Gasteiger partial charge < -0.3 is 24.8 Å². The van der Waals surface area contributed by atoms with Gasteiger partial charge in [-0.1, -0.05) is 35.5 Å². The van der Waals surface area contributed by atoms with E-state index in [1.54, 1.807) is 24.3 Å². The van der Waals surface area contributed by atoms with Gasteiger partial charge in [-0.05, 0) is 12.1 Å². The van der Waals surface area contributed by atoms with Crippen LogP contribution in [0.15, 0.2) is 47.6 Å². The topological polar surface area (TPSA) is 92.4 Å². The van der Waals surface area contributed by atoms with Crippen molar-refractivity contribution in [3.8, 4) is 17.2 Å². The Morgan fingerprint density at radius 2 is 1.50 bits per heavy atom. The summed E-state index contributed by atoms with van der Waals surface area (Å²) in [6, 6.07) is 11.9. The van der Waals surface area contributed by atoms with Gasteiger partial charge in [-0.3, -0.25) is 0 Å². The molecule has 2 aromatic rings. The van der Waals surface area contributed by atoms with Gasteiger partial charge in [-0.25, -0.2) is 4.79 Å². The van der Waals surface area contributed by atoms with Gasteiger partial charge in [0, 0.05) is 5.56 Å². The lowest BCUT2D eigenvalue weighted by Crippen LogP contribution is -2.15. The number of amidine groups is 1. The third-order valence-electron chi connectivity index (χ3n) is 3.20. The molecule has 126 valence electrons. The fraction of sp³-hybridized carbons (Fsp3) is 0.176. The maximum Gasteiger partial charge on any atom is 0.366 e. The zero-order valence-electron chi connectivity index (χ0n) is 13.6. The Balaban J connectivity index is 2.24. The van der Waals surface area contributed by atoms with Crippen LogP contribution in [0.3, 0.4) is 0 Å². The lowest BCUT2D eigenvalue weighted by Gasteiger charge is -2.13.